The molecule has 43 heavy (non-hydrogen) atoms. The molecule has 11 heteroatoms. The molecule has 4 aromatic heterocycles. The Hall–Kier alpha value is -5.76. The number of carbonyl (C=O) groups excluding carboxylic acids is 1. The maximum Gasteiger partial charge on any atom is 0.264 e. The average molecular weight is 579 g/mol. The van der Waals surface area contributed by atoms with Gasteiger partial charge in [-0.15, -0.1) is 5.10 Å². The standard InChI is InChI=1S/C23H18FN3O.C7H7N5O.C2H6/c1-3-20-12-18-7-4-6-17(11-10-16-14-25-26(2)15-16)22(18)23(28)27(20)21-9-5-8-19(24)13-21;8-5-4(6(9)13)7-10-2-1-3-12(7)11-5;1-2/h4-9,12-15H,3H2,1-2H3;1-3H,(H2,8,11)(H2,9,13);1-2H3. The number of rotatable bonds is 3. The number of carbonyl (C=O) groups is 1. The summed E-state index contributed by atoms with van der Waals surface area (Å²) in [5, 5.41) is 9.33. The largest absolute Gasteiger partial charge is 0.381 e. The summed E-state index contributed by atoms with van der Waals surface area (Å²) in [5.74, 6) is 5.26. The molecule has 0 saturated heterocycles. The Labute approximate surface area is 247 Å². The first-order valence-electron chi connectivity index (χ1n) is 13.6. The highest BCUT2D eigenvalue weighted by molar-refractivity contribution is 6.03. The average Bonchev–Trinajstić information content (AvgIpc) is 3.58. The van der Waals surface area contributed by atoms with Crippen LogP contribution in [0.2, 0.25) is 0 Å². The van der Waals surface area contributed by atoms with Gasteiger partial charge < -0.3 is 11.5 Å². The SMILES string of the molecule is CC.CCc1cc2cccc(C#Cc3cnn(C)c3)c2c(=O)n1-c1cccc(F)c1.NC(=O)c1c(N)nn2cccnc12. The second-order valence-corrected chi connectivity index (χ2v) is 9.04. The summed E-state index contributed by atoms with van der Waals surface area (Å²) >= 11 is 0. The van der Waals surface area contributed by atoms with E-state index in [0.717, 1.165) is 16.6 Å². The van der Waals surface area contributed by atoms with Gasteiger partial charge in [-0.1, -0.05) is 50.8 Å². The highest BCUT2D eigenvalue weighted by Crippen LogP contribution is 2.20. The minimum atomic E-state index is -0.619. The number of nitrogens with zero attached hydrogens (tertiary/aromatic N) is 6. The zero-order valence-electron chi connectivity index (χ0n) is 24.2. The van der Waals surface area contributed by atoms with Gasteiger partial charge in [-0.05, 0) is 48.2 Å². The molecular formula is C32H31FN8O2. The first kappa shape index (κ1) is 30.2. The van der Waals surface area contributed by atoms with Crippen LogP contribution in [0.3, 0.4) is 0 Å². The summed E-state index contributed by atoms with van der Waals surface area (Å²) in [7, 11) is 1.83. The van der Waals surface area contributed by atoms with Gasteiger partial charge in [0.15, 0.2) is 11.5 Å². The predicted octanol–water partition coefficient (Wildman–Crippen LogP) is 4.26. The Kier molecular flexibility index (Phi) is 9.32. The maximum atomic E-state index is 13.8. The Morgan fingerprint density at radius 2 is 1.84 bits per heavy atom. The Balaban J connectivity index is 0.000000235. The molecule has 6 aromatic rings. The van der Waals surface area contributed by atoms with Crippen molar-refractivity contribution in [1.82, 2.24) is 28.9 Å². The van der Waals surface area contributed by atoms with Gasteiger partial charge in [0, 0.05) is 36.9 Å². The smallest absolute Gasteiger partial charge is 0.264 e. The van der Waals surface area contributed by atoms with Crippen LogP contribution in [0.5, 0.6) is 0 Å². The Morgan fingerprint density at radius 3 is 2.51 bits per heavy atom. The zero-order valence-corrected chi connectivity index (χ0v) is 24.2. The number of amides is 1. The number of nitrogen functional groups attached to an aromatic ring is 1. The van der Waals surface area contributed by atoms with Crippen molar-refractivity contribution in [3.05, 3.63) is 118 Å². The lowest BCUT2D eigenvalue weighted by molar-refractivity contribution is 0.100. The van der Waals surface area contributed by atoms with Crippen LogP contribution in [0, 0.1) is 17.7 Å². The molecule has 0 aliphatic heterocycles. The number of halogens is 1. The highest BCUT2D eigenvalue weighted by atomic mass is 19.1. The van der Waals surface area contributed by atoms with Crippen LogP contribution in [0.1, 0.15) is 48.0 Å². The molecule has 0 radical (unpaired) electrons. The van der Waals surface area contributed by atoms with Gasteiger partial charge in [-0.25, -0.2) is 13.9 Å². The van der Waals surface area contributed by atoms with Crippen molar-refractivity contribution < 1.29 is 9.18 Å². The lowest BCUT2D eigenvalue weighted by Gasteiger charge is -2.14. The van der Waals surface area contributed by atoms with Crippen LogP contribution in [0.25, 0.3) is 22.1 Å². The number of benzene rings is 2. The van der Waals surface area contributed by atoms with Crippen molar-refractivity contribution in [2.45, 2.75) is 27.2 Å². The van der Waals surface area contributed by atoms with E-state index >= 15 is 0 Å². The number of aromatic nitrogens is 6. The van der Waals surface area contributed by atoms with Crippen molar-refractivity contribution in [1.29, 1.82) is 0 Å². The van der Waals surface area contributed by atoms with E-state index in [1.165, 1.54) is 16.6 Å². The number of aryl methyl sites for hydroxylation is 2. The maximum absolute atomic E-state index is 13.8. The number of hydrogen-bond acceptors (Lipinski definition) is 6. The second-order valence-electron chi connectivity index (χ2n) is 9.04. The van der Waals surface area contributed by atoms with Gasteiger partial charge in [0.25, 0.3) is 11.5 Å². The van der Waals surface area contributed by atoms with E-state index in [2.05, 4.69) is 27.0 Å². The highest BCUT2D eigenvalue weighted by Gasteiger charge is 2.15. The molecule has 0 bridgehead atoms. The molecule has 0 atom stereocenters. The van der Waals surface area contributed by atoms with E-state index in [1.54, 1.807) is 46.0 Å². The Morgan fingerprint density at radius 1 is 1.07 bits per heavy atom. The lowest BCUT2D eigenvalue weighted by atomic mass is 10.0. The van der Waals surface area contributed by atoms with Gasteiger partial charge >= 0.3 is 0 Å². The first-order valence-corrected chi connectivity index (χ1v) is 13.6. The molecule has 0 unspecified atom stereocenters. The van der Waals surface area contributed by atoms with Crippen molar-refractivity contribution >= 4 is 28.1 Å². The van der Waals surface area contributed by atoms with Gasteiger partial charge in [0.2, 0.25) is 0 Å². The van der Waals surface area contributed by atoms with Gasteiger partial charge in [-0.2, -0.15) is 5.10 Å². The summed E-state index contributed by atoms with van der Waals surface area (Å²) in [6.07, 6.45) is 7.33. The third-order valence-corrected chi connectivity index (χ3v) is 6.27. The number of fused-ring (bicyclic) bond motifs is 2. The molecule has 0 aliphatic rings. The monoisotopic (exact) mass is 578 g/mol. The number of pyridine rings is 1. The van der Waals surface area contributed by atoms with E-state index in [4.69, 9.17) is 11.5 Å². The summed E-state index contributed by atoms with van der Waals surface area (Å²) < 4.78 is 18.4. The van der Waals surface area contributed by atoms with E-state index in [-0.39, 0.29) is 22.8 Å². The summed E-state index contributed by atoms with van der Waals surface area (Å²) in [6, 6.07) is 15.4. The quantitative estimate of drug-likeness (QED) is 0.301. The van der Waals surface area contributed by atoms with Gasteiger partial charge in [-0.3, -0.25) is 18.8 Å². The molecule has 10 nitrogen and oxygen atoms in total. The van der Waals surface area contributed by atoms with E-state index in [0.29, 0.717) is 28.7 Å². The molecule has 4 heterocycles. The zero-order chi connectivity index (χ0) is 31.1. The number of primary amides is 1. The van der Waals surface area contributed by atoms with Crippen molar-refractivity contribution in [3.63, 3.8) is 0 Å². The van der Waals surface area contributed by atoms with Crippen LogP contribution < -0.4 is 17.0 Å². The van der Waals surface area contributed by atoms with Crippen LogP contribution in [-0.4, -0.2) is 34.9 Å². The number of anilines is 1. The minimum Gasteiger partial charge on any atom is -0.381 e. The fourth-order valence-electron chi connectivity index (χ4n) is 4.44. The molecule has 218 valence electrons. The normalized spacial score (nSPS) is 10.3. The summed E-state index contributed by atoms with van der Waals surface area (Å²) in [4.78, 5) is 28.3. The molecule has 1 amide bonds. The number of hydrogen-bond donors (Lipinski definition) is 2. The van der Waals surface area contributed by atoms with Crippen LogP contribution >= 0.6 is 0 Å². The first-order chi connectivity index (χ1) is 20.8. The van der Waals surface area contributed by atoms with Crippen LogP contribution in [0.4, 0.5) is 10.2 Å². The van der Waals surface area contributed by atoms with E-state index in [1.807, 2.05) is 58.3 Å². The van der Waals surface area contributed by atoms with Crippen molar-refractivity contribution in [2.75, 3.05) is 5.73 Å². The summed E-state index contributed by atoms with van der Waals surface area (Å²) in [6.45, 7) is 5.97. The third kappa shape index (κ3) is 6.44. The predicted molar refractivity (Wildman–Crippen MR) is 165 cm³/mol. The molecule has 4 N–H and O–H groups in total. The van der Waals surface area contributed by atoms with E-state index < -0.39 is 5.91 Å². The Bertz CT molecular complexity index is 2050. The van der Waals surface area contributed by atoms with Crippen molar-refractivity contribution in [3.8, 4) is 17.5 Å². The fourth-order valence-corrected chi connectivity index (χ4v) is 4.44. The molecule has 0 saturated carbocycles. The molecule has 0 fully saturated rings. The number of nitrogens with two attached hydrogens (primary N) is 2. The van der Waals surface area contributed by atoms with Gasteiger partial charge in [0.1, 0.15) is 11.4 Å². The third-order valence-electron chi connectivity index (χ3n) is 6.27. The molecule has 2 aromatic carbocycles. The topological polar surface area (TPSA) is 139 Å². The second kappa shape index (κ2) is 13.3. The summed E-state index contributed by atoms with van der Waals surface area (Å²) in [5.41, 5.74) is 13.7. The fraction of sp³-hybridized carbons (Fsp3) is 0.156. The van der Waals surface area contributed by atoms with Crippen LogP contribution in [-0.2, 0) is 13.5 Å². The van der Waals surface area contributed by atoms with Crippen LogP contribution in [0.15, 0.2) is 84.2 Å². The van der Waals surface area contributed by atoms with Gasteiger partial charge in [0.05, 0.1) is 22.8 Å². The molecular weight excluding hydrogens is 547 g/mol. The molecule has 6 rings (SSSR count). The molecule has 0 spiro atoms. The minimum absolute atomic E-state index is 0.103. The van der Waals surface area contributed by atoms with E-state index in [9.17, 15) is 14.0 Å². The lowest BCUT2D eigenvalue weighted by Crippen LogP contribution is -2.22. The molecule has 0 aliphatic carbocycles. The van der Waals surface area contributed by atoms with Crippen molar-refractivity contribution in [2.24, 2.45) is 12.8 Å².